The van der Waals surface area contributed by atoms with E-state index in [0.717, 1.165) is 17.0 Å². The average Bonchev–Trinajstić information content (AvgIpc) is 2.57. The normalized spacial score (nSPS) is 10.3. The molecule has 2 aromatic rings. The maximum Gasteiger partial charge on any atom is 0.240 e. The van der Waals surface area contributed by atoms with E-state index in [-0.39, 0.29) is 5.91 Å². The predicted octanol–water partition coefficient (Wildman–Crippen LogP) is 2.84. The highest BCUT2D eigenvalue weighted by Crippen LogP contribution is 2.13. The zero-order chi connectivity index (χ0) is 15.8. The molecule has 0 aliphatic carbocycles. The summed E-state index contributed by atoms with van der Waals surface area (Å²) in [5, 5.41) is 3.19. The molecule has 0 aliphatic heterocycles. The van der Waals surface area contributed by atoms with Crippen molar-refractivity contribution >= 4 is 11.6 Å². The highest BCUT2D eigenvalue weighted by molar-refractivity contribution is 5.94. The summed E-state index contributed by atoms with van der Waals surface area (Å²) in [5.74, 6) is 0.906. The molecule has 0 spiro atoms. The summed E-state index contributed by atoms with van der Waals surface area (Å²) in [6.07, 6.45) is 0. The van der Waals surface area contributed by atoms with Gasteiger partial charge in [-0.05, 0) is 36.8 Å². The van der Waals surface area contributed by atoms with Gasteiger partial charge in [-0.3, -0.25) is 4.79 Å². The van der Waals surface area contributed by atoms with Crippen LogP contribution in [0.3, 0.4) is 0 Å². The Balaban J connectivity index is 1.86. The fraction of sp³-hybridized carbons (Fsp3) is 0.278. The number of rotatable bonds is 7. The van der Waals surface area contributed by atoms with Crippen LogP contribution in [0.1, 0.15) is 12.5 Å². The molecule has 4 nitrogen and oxygen atoms in total. The lowest BCUT2D eigenvalue weighted by Gasteiger charge is -2.21. The molecule has 0 bridgehead atoms. The molecule has 0 fully saturated rings. The SMILES string of the molecule is CCN(C(=O)CNCc1ccc(OC)cc1)c1ccccc1. The van der Waals surface area contributed by atoms with Crippen molar-refractivity contribution in [2.24, 2.45) is 0 Å². The van der Waals surface area contributed by atoms with Crippen molar-refractivity contribution < 1.29 is 9.53 Å². The van der Waals surface area contributed by atoms with Crippen LogP contribution in [0.4, 0.5) is 5.69 Å². The Morgan fingerprint density at radius 1 is 1.09 bits per heavy atom. The summed E-state index contributed by atoms with van der Waals surface area (Å²) < 4.78 is 5.13. The predicted molar refractivity (Wildman–Crippen MR) is 89.2 cm³/mol. The van der Waals surface area contributed by atoms with Crippen LogP contribution < -0.4 is 15.0 Å². The number of carbonyl (C=O) groups excluding carboxylic acids is 1. The second-order valence-electron chi connectivity index (χ2n) is 4.93. The Labute approximate surface area is 131 Å². The van der Waals surface area contributed by atoms with Crippen LogP contribution in [-0.4, -0.2) is 26.1 Å². The first kappa shape index (κ1) is 16.0. The first-order valence-electron chi connectivity index (χ1n) is 7.43. The Hall–Kier alpha value is -2.33. The quantitative estimate of drug-likeness (QED) is 0.854. The maximum absolute atomic E-state index is 12.3. The van der Waals surface area contributed by atoms with E-state index in [1.165, 1.54) is 0 Å². The molecule has 0 atom stereocenters. The summed E-state index contributed by atoms with van der Waals surface area (Å²) in [6, 6.07) is 17.5. The molecule has 2 rings (SSSR count). The summed E-state index contributed by atoms with van der Waals surface area (Å²) in [7, 11) is 1.65. The summed E-state index contributed by atoms with van der Waals surface area (Å²) in [4.78, 5) is 14.1. The maximum atomic E-state index is 12.3. The van der Waals surface area contributed by atoms with E-state index in [4.69, 9.17) is 4.74 Å². The fourth-order valence-electron chi connectivity index (χ4n) is 2.26. The lowest BCUT2D eigenvalue weighted by Crippen LogP contribution is -2.38. The third-order valence-corrected chi connectivity index (χ3v) is 3.45. The van der Waals surface area contributed by atoms with Crippen LogP contribution >= 0.6 is 0 Å². The molecule has 0 aromatic heterocycles. The van der Waals surface area contributed by atoms with Crippen LogP contribution in [-0.2, 0) is 11.3 Å². The number of benzene rings is 2. The monoisotopic (exact) mass is 298 g/mol. The van der Waals surface area contributed by atoms with Gasteiger partial charge in [-0.15, -0.1) is 0 Å². The number of para-hydroxylation sites is 1. The number of methoxy groups -OCH3 is 1. The third-order valence-electron chi connectivity index (χ3n) is 3.45. The number of carbonyl (C=O) groups is 1. The highest BCUT2D eigenvalue weighted by Gasteiger charge is 2.12. The Bertz CT molecular complexity index is 582. The Morgan fingerprint density at radius 3 is 2.36 bits per heavy atom. The zero-order valence-electron chi connectivity index (χ0n) is 13.1. The average molecular weight is 298 g/mol. The lowest BCUT2D eigenvalue weighted by molar-refractivity contribution is -0.117. The van der Waals surface area contributed by atoms with Crippen LogP contribution in [0.15, 0.2) is 54.6 Å². The molecule has 0 heterocycles. The lowest BCUT2D eigenvalue weighted by atomic mass is 10.2. The number of amides is 1. The molecule has 0 unspecified atom stereocenters. The van der Waals surface area contributed by atoms with Gasteiger partial charge in [0.1, 0.15) is 5.75 Å². The standard InChI is InChI=1S/C18H22N2O2/c1-3-20(16-7-5-4-6-8-16)18(21)14-19-13-15-9-11-17(22-2)12-10-15/h4-12,19H,3,13-14H2,1-2H3. The Morgan fingerprint density at radius 2 is 1.77 bits per heavy atom. The van der Waals surface area contributed by atoms with E-state index >= 15 is 0 Å². The summed E-state index contributed by atoms with van der Waals surface area (Å²) >= 11 is 0. The number of nitrogens with one attached hydrogen (secondary N) is 1. The largest absolute Gasteiger partial charge is 0.497 e. The molecule has 4 heteroatoms. The van der Waals surface area contributed by atoms with E-state index < -0.39 is 0 Å². The summed E-state index contributed by atoms with van der Waals surface area (Å²) in [6.45, 7) is 3.61. The molecule has 0 radical (unpaired) electrons. The topological polar surface area (TPSA) is 41.6 Å². The number of nitrogens with zero attached hydrogens (tertiary/aromatic N) is 1. The first-order valence-corrected chi connectivity index (χ1v) is 7.43. The van der Waals surface area contributed by atoms with E-state index in [1.54, 1.807) is 12.0 Å². The van der Waals surface area contributed by atoms with Gasteiger partial charge in [-0.1, -0.05) is 30.3 Å². The van der Waals surface area contributed by atoms with Crippen LogP contribution in [0.25, 0.3) is 0 Å². The van der Waals surface area contributed by atoms with E-state index in [0.29, 0.717) is 19.6 Å². The number of ether oxygens (including phenoxy) is 1. The molecule has 22 heavy (non-hydrogen) atoms. The molecular formula is C18H22N2O2. The van der Waals surface area contributed by atoms with Gasteiger partial charge in [0.05, 0.1) is 13.7 Å². The van der Waals surface area contributed by atoms with Gasteiger partial charge in [0, 0.05) is 18.8 Å². The number of anilines is 1. The second-order valence-corrected chi connectivity index (χ2v) is 4.93. The Kier molecular flexibility index (Phi) is 5.98. The van der Waals surface area contributed by atoms with E-state index in [1.807, 2.05) is 61.5 Å². The molecule has 0 saturated carbocycles. The van der Waals surface area contributed by atoms with Gasteiger partial charge in [0.25, 0.3) is 0 Å². The molecule has 1 N–H and O–H groups in total. The van der Waals surface area contributed by atoms with Gasteiger partial charge in [-0.2, -0.15) is 0 Å². The molecule has 2 aromatic carbocycles. The minimum atomic E-state index is 0.0715. The number of likely N-dealkylation sites (N-methyl/N-ethyl adjacent to an activating group) is 1. The molecular weight excluding hydrogens is 276 g/mol. The molecule has 116 valence electrons. The van der Waals surface area contributed by atoms with Gasteiger partial charge in [0.15, 0.2) is 0 Å². The van der Waals surface area contributed by atoms with Crippen molar-refractivity contribution in [2.75, 3.05) is 25.1 Å². The minimum absolute atomic E-state index is 0.0715. The van der Waals surface area contributed by atoms with Crippen molar-refractivity contribution in [3.63, 3.8) is 0 Å². The zero-order valence-corrected chi connectivity index (χ0v) is 13.1. The number of hydrogen-bond acceptors (Lipinski definition) is 3. The van der Waals surface area contributed by atoms with Gasteiger partial charge in [0.2, 0.25) is 5.91 Å². The second kappa shape index (κ2) is 8.20. The van der Waals surface area contributed by atoms with Crippen LogP contribution in [0, 0.1) is 0 Å². The highest BCUT2D eigenvalue weighted by atomic mass is 16.5. The van der Waals surface area contributed by atoms with Crippen LogP contribution in [0.5, 0.6) is 5.75 Å². The first-order chi connectivity index (χ1) is 10.7. The van der Waals surface area contributed by atoms with Crippen LogP contribution in [0.2, 0.25) is 0 Å². The van der Waals surface area contributed by atoms with Crippen molar-refractivity contribution in [2.45, 2.75) is 13.5 Å². The van der Waals surface area contributed by atoms with E-state index in [9.17, 15) is 4.79 Å². The van der Waals surface area contributed by atoms with Crippen molar-refractivity contribution in [3.8, 4) is 5.75 Å². The number of hydrogen-bond donors (Lipinski definition) is 1. The fourth-order valence-corrected chi connectivity index (χ4v) is 2.26. The van der Waals surface area contributed by atoms with Gasteiger partial charge in [-0.25, -0.2) is 0 Å². The van der Waals surface area contributed by atoms with Crippen molar-refractivity contribution in [1.82, 2.24) is 5.32 Å². The summed E-state index contributed by atoms with van der Waals surface area (Å²) in [5.41, 5.74) is 2.05. The van der Waals surface area contributed by atoms with E-state index in [2.05, 4.69) is 5.32 Å². The minimum Gasteiger partial charge on any atom is -0.497 e. The smallest absolute Gasteiger partial charge is 0.240 e. The van der Waals surface area contributed by atoms with Gasteiger partial charge < -0.3 is 15.0 Å². The van der Waals surface area contributed by atoms with Gasteiger partial charge >= 0.3 is 0 Å². The van der Waals surface area contributed by atoms with Crippen molar-refractivity contribution in [1.29, 1.82) is 0 Å². The molecule has 0 saturated heterocycles. The molecule has 1 amide bonds. The van der Waals surface area contributed by atoms with Crippen molar-refractivity contribution in [3.05, 3.63) is 60.2 Å². The third kappa shape index (κ3) is 4.33. The molecule has 0 aliphatic rings.